The molecule has 3 rings (SSSR count). The molecule has 0 radical (unpaired) electrons. The molecule has 1 amide bonds. The first-order valence-electron chi connectivity index (χ1n) is 10.9. The number of carbonyl (C=O) groups is 1. The Hall–Kier alpha value is -1.40. The zero-order valence-electron chi connectivity index (χ0n) is 17.0. The van der Waals surface area contributed by atoms with Crippen LogP contribution in [0, 0.1) is 6.92 Å². The minimum atomic E-state index is -3.62. The van der Waals surface area contributed by atoms with E-state index in [2.05, 4.69) is 10.0 Å². The molecule has 2 aliphatic rings. The predicted molar refractivity (Wildman–Crippen MR) is 112 cm³/mol. The highest BCUT2D eigenvalue weighted by atomic mass is 32.2. The van der Waals surface area contributed by atoms with E-state index < -0.39 is 10.0 Å². The van der Waals surface area contributed by atoms with Crippen molar-refractivity contribution < 1.29 is 13.2 Å². The summed E-state index contributed by atoms with van der Waals surface area (Å²) in [5.41, 5.74) is 1.27. The molecule has 28 heavy (non-hydrogen) atoms. The van der Waals surface area contributed by atoms with Gasteiger partial charge in [0.1, 0.15) is 0 Å². The van der Waals surface area contributed by atoms with Gasteiger partial charge in [0, 0.05) is 17.6 Å². The summed E-state index contributed by atoms with van der Waals surface area (Å²) in [6, 6.07) is 5.08. The van der Waals surface area contributed by atoms with Crippen LogP contribution in [0.5, 0.6) is 0 Å². The lowest BCUT2D eigenvalue weighted by atomic mass is 9.95. The third-order valence-electron chi connectivity index (χ3n) is 6.13. The molecule has 156 valence electrons. The van der Waals surface area contributed by atoms with Gasteiger partial charge in [0.05, 0.1) is 4.90 Å². The molecule has 0 unspecified atom stereocenters. The number of sulfonamides is 1. The first-order valence-corrected chi connectivity index (χ1v) is 12.4. The Morgan fingerprint density at radius 2 is 1.39 bits per heavy atom. The van der Waals surface area contributed by atoms with Crippen LogP contribution in [0.4, 0.5) is 0 Å². The van der Waals surface area contributed by atoms with Crippen molar-refractivity contribution in [2.45, 2.75) is 101 Å². The molecule has 5 nitrogen and oxygen atoms in total. The van der Waals surface area contributed by atoms with E-state index in [0.29, 0.717) is 5.56 Å². The van der Waals surface area contributed by atoms with Gasteiger partial charge in [-0.2, -0.15) is 0 Å². The Balaban J connectivity index is 1.72. The van der Waals surface area contributed by atoms with Gasteiger partial charge in [-0.3, -0.25) is 4.79 Å². The van der Waals surface area contributed by atoms with Crippen molar-refractivity contribution in [3.63, 3.8) is 0 Å². The molecule has 0 spiro atoms. The lowest BCUT2D eigenvalue weighted by molar-refractivity contribution is 0.0927. The minimum Gasteiger partial charge on any atom is -0.349 e. The smallest absolute Gasteiger partial charge is 0.251 e. The van der Waals surface area contributed by atoms with Gasteiger partial charge < -0.3 is 5.32 Å². The van der Waals surface area contributed by atoms with Gasteiger partial charge in [-0.1, -0.05) is 57.4 Å². The molecule has 0 aliphatic heterocycles. The lowest BCUT2D eigenvalue weighted by Gasteiger charge is -2.23. The van der Waals surface area contributed by atoms with Gasteiger partial charge in [-0.05, 0) is 50.3 Å². The highest BCUT2D eigenvalue weighted by Gasteiger charge is 2.23. The number of hydrogen-bond acceptors (Lipinski definition) is 3. The molecule has 0 saturated heterocycles. The highest BCUT2D eigenvalue weighted by molar-refractivity contribution is 7.89. The zero-order valence-corrected chi connectivity index (χ0v) is 17.8. The quantitative estimate of drug-likeness (QED) is 0.758. The van der Waals surface area contributed by atoms with Gasteiger partial charge in [-0.25, -0.2) is 13.1 Å². The summed E-state index contributed by atoms with van der Waals surface area (Å²) in [5.74, 6) is -0.160. The topological polar surface area (TPSA) is 75.3 Å². The molecular formula is C22H34N2O3S. The number of nitrogens with one attached hydrogen (secondary N) is 2. The average molecular weight is 407 g/mol. The van der Waals surface area contributed by atoms with Crippen LogP contribution >= 0.6 is 0 Å². The number of benzene rings is 1. The molecule has 0 atom stereocenters. The predicted octanol–water partition coefficient (Wildman–Crippen LogP) is 4.45. The maximum absolute atomic E-state index is 12.9. The molecule has 1 aromatic carbocycles. The monoisotopic (exact) mass is 406 g/mol. The highest BCUT2D eigenvalue weighted by Crippen LogP contribution is 2.22. The first-order chi connectivity index (χ1) is 13.5. The number of carbonyl (C=O) groups excluding carboxylic acids is 1. The van der Waals surface area contributed by atoms with Gasteiger partial charge in [0.2, 0.25) is 10.0 Å². The van der Waals surface area contributed by atoms with E-state index in [-0.39, 0.29) is 22.9 Å². The number of hydrogen-bond donors (Lipinski definition) is 2. The first kappa shape index (κ1) is 21.3. The maximum Gasteiger partial charge on any atom is 0.251 e. The van der Waals surface area contributed by atoms with Crippen LogP contribution in [-0.2, 0) is 10.0 Å². The Morgan fingerprint density at radius 1 is 0.857 bits per heavy atom. The molecule has 2 aliphatic carbocycles. The summed E-state index contributed by atoms with van der Waals surface area (Å²) in [4.78, 5) is 12.9. The molecule has 0 bridgehead atoms. The molecule has 0 heterocycles. The fourth-order valence-corrected chi connectivity index (χ4v) is 5.72. The van der Waals surface area contributed by atoms with Gasteiger partial charge in [0.15, 0.2) is 0 Å². The van der Waals surface area contributed by atoms with E-state index in [0.717, 1.165) is 56.9 Å². The second-order valence-corrected chi connectivity index (χ2v) is 10.2. The van der Waals surface area contributed by atoms with Gasteiger partial charge >= 0.3 is 0 Å². The van der Waals surface area contributed by atoms with Crippen molar-refractivity contribution in [3.8, 4) is 0 Å². The second kappa shape index (κ2) is 9.88. The van der Waals surface area contributed by atoms with Crippen LogP contribution in [0.1, 0.15) is 93.0 Å². The van der Waals surface area contributed by atoms with E-state index in [1.54, 1.807) is 18.2 Å². The van der Waals surface area contributed by atoms with Crippen molar-refractivity contribution in [1.29, 1.82) is 0 Å². The second-order valence-electron chi connectivity index (χ2n) is 8.45. The fraction of sp³-hybridized carbons (Fsp3) is 0.682. The summed E-state index contributed by atoms with van der Waals surface area (Å²) in [6.45, 7) is 1.86. The maximum atomic E-state index is 12.9. The van der Waals surface area contributed by atoms with Crippen LogP contribution in [0.25, 0.3) is 0 Å². The Morgan fingerprint density at radius 3 is 2.04 bits per heavy atom. The van der Waals surface area contributed by atoms with Crippen molar-refractivity contribution >= 4 is 15.9 Å². The van der Waals surface area contributed by atoms with Crippen molar-refractivity contribution in [2.24, 2.45) is 0 Å². The SMILES string of the molecule is Cc1ccc(S(=O)(=O)NC2CCCCCCC2)cc1C(=O)NC1CCCCC1. The van der Waals surface area contributed by atoms with Crippen molar-refractivity contribution in [2.75, 3.05) is 0 Å². The fourth-order valence-electron chi connectivity index (χ4n) is 4.38. The van der Waals surface area contributed by atoms with E-state index in [4.69, 9.17) is 0 Å². The Bertz CT molecular complexity index is 762. The summed E-state index contributed by atoms with van der Waals surface area (Å²) in [7, 11) is -3.62. The summed E-state index contributed by atoms with van der Waals surface area (Å²) in [6.07, 6.45) is 13.0. The molecule has 2 saturated carbocycles. The van der Waals surface area contributed by atoms with Crippen molar-refractivity contribution in [3.05, 3.63) is 29.3 Å². The lowest BCUT2D eigenvalue weighted by Crippen LogP contribution is -2.37. The van der Waals surface area contributed by atoms with Crippen LogP contribution < -0.4 is 10.0 Å². The molecule has 2 N–H and O–H groups in total. The van der Waals surface area contributed by atoms with E-state index in [1.807, 2.05) is 6.92 Å². The number of rotatable bonds is 5. The standard InChI is InChI=1S/C22H34N2O3S/c1-17-14-15-20(16-21(17)22(25)23-18-10-8-5-9-11-18)28(26,27)24-19-12-6-3-2-4-7-13-19/h14-16,18-19,24H,2-13H2,1H3,(H,23,25). The third-order valence-corrected chi connectivity index (χ3v) is 7.65. The van der Waals surface area contributed by atoms with Crippen LogP contribution in [-0.4, -0.2) is 26.4 Å². The van der Waals surface area contributed by atoms with Crippen LogP contribution in [0.2, 0.25) is 0 Å². The molecule has 1 aromatic rings. The number of aryl methyl sites for hydroxylation is 1. The van der Waals surface area contributed by atoms with E-state index in [9.17, 15) is 13.2 Å². The molecular weight excluding hydrogens is 372 g/mol. The summed E-state index contributed by atoms with van der Waals surface area (Å²) in [5, 5.41) is 3.10. The third kappa shape index (κ3) is 5.80. The van der Waals surface area contributed by atoms with E-state index in [1.165, 1.54) is 25.7 Å². The van der Waals surface area contributed by atoms with Crippen LogP contribution in [0.3, 0.4) is 0 Å². The Kier molecular flexibility index (Phi) is 7.52. The largest absolute Gasteiger partial charge is 0.349 e. The van der Waals surface area contributed by atoms with Gasteiger partial charge in [-0.15, -0.1) is 0 Å². The molecule has 6 heteroatoms. The Labute approximate surface area is 169 Å². The van der Waals surface area contributed by atoms with Crippen molar-refractivity contribution in [1.82, 2.24) is 10.0 Å². The average Bonchev–Trinajstić information content (AvgIpc) is 2.64. The molecule has 2 fully saturated rings. The summed E-state index contributed by atoms with van der Waals surface area (Å²) >= 11 is 0. The van der Waals surface area contributed by atoms with E-state index >= 15 is 0 Å². The molecule has 0 aromatic heterocycles. The normalized spacial score (nSPS) is 20.3. The minimum absolute atomic E-state index is 0.00822. The summed E-state index contributed by atoms with van der Waals surface area (Å²) < 4.78 is 28.8. The zero-order chi connectivity index (χ0) is 20.0. The number of amides is 1. The van der Waals surface area contributed by atoms with Gasteiger partial charge in [0.25, 0.3) is 5.91 Å². The van der Waals surface area contributed by atoms with Crippen LogP contribution in [0.15, 0.2) is 23.1 Å².